The molecule has 2 rings (SSSR count). The largest absolute Gasteiger partial charge is 0.501 e. The molecule has 0 aromatic heterocycles. The van der Waals surface area contributed by atoms with E-state index in [4.69, 9.17) is 22.1 Å². The molecular formula is C13H16ClNOS. The Morgan fingerprint density at radius 3 is 3.06 bits per heavy atom. The van der Waals surface area contributed by atoms with Gasteiger partial charge in [0.05, 0.1) is 12.9 Å². The van der Waals surface area contributed by atoms with Crippen molar-refractivity contribution in [2.45, 2.75) is 23.8 Å². The van der Waals surface area contributed by atoms with Gasteiger partial charge in [-0.25, -0.2) is 0 Å². The van der Waals surface area contributed by atoms with Crippen LogP contribution in [0.2, 0.25) is 5.02 Å². The highest BCUT2D eigenvalue weighted by Crippen LogP contribution is 2.24. The molecule has 1 heterocycles. The van der Waals surface area contributed by atoms with Gasteiger partial charge in [-0.3, -0.25) is 0 Å². The summed E-state index contributed by atoms with van der Waals surface area (Å²) < 4.78 is 5.30. The van der Waals surface area contributed by atoms with Gasteiger partial charge in [0.25, 0.3) is 0 Å². The minimum Gasteiger partial charge on any atom is -0.501 e. The van der Waals surface area contributed by atoms with Gasteiger partial charge in [-0.05, 0) is 36.6 Å². The molecule has 0 aliphatic carbocycles. The van der Waals surface area contributed by atoms with Crippen molar-refractivity contribution in [3.63, 3.8) is 0 Å². The Kier molecular flexibility index (Phi) is 4.77. The zero-order valence-electron chi connectivity index (χ0n) is 9.56. The molecule has 1 unspecified atom stereocenters. The fourth-order valence-electron chi connectivity index (χ4n) is 1.71. The summed E-state index contributed by atoms with van der Waals surface area (Å²) >= 11 is 7.66. The Bertz CT molecular complexity index is 408. The number of benzene rings is 1. The topological polar surface area (TPSA) is 35.2 Å². The molecular weight excluding hydrogens is 254 g/mol. The third-order valence-corrected chi connectivity index (χ3v) is 4.01. The van der Waals surface area contributed by atoms with E-state index in [1.807, 2.05) is 24.5 Å². The molecule has 1 aliphatic rings. The van der Waals surface area contributed by atoms with E-state index in [0.29, 0.717) is 0 Å². The summed E-state index contributed by atoms with van der Waals surface area (Å²) in [6.07, 6.45) is 3.95. The summed E-state index contributed by atoms with van der Waals surface area (Å²) in [5, 5.41) is 0.767. The number of hydrogen-bond acceptors (Lipinski definition) is 3. The number of rotatable bonds is 4. The van der Waals surface area contributed by atoms with Crippen LogP contribution >= 0.6 is 23.4 Å². The van der Waals surface area contributed by atoms with Crippen LogP contribution in [0.5, 0.6) is 0 Å². The first-order valence-electron chi connectivity index (χ1n) is 5.70. The number of halogens is 1. The van der Waals surface area contributed by atoms with Crippen LogP contribution in [-0.2, 0) is 4.74 Å². The van der Waals surface area contributed by atoms with Gasteiger partial charge in [-0.2, -0.15) is 0 Å². The SMILES string of the molecule is NC(CSc1cccc(Cl)c1)C1=COCCC1. The second kappa shape index (κ2) is 6.34. The van der Waals surface area contributed by atoms with Crippen LogP contribution in [-0.4, -0.2) is 18.4 Å². The summed E-state index contributed by atoms with van der Waals surface area (Å²) in [5.41, 5.74) is 7.35. The lowest BCUT2D eigenvalue weighted by Gasteiger charge is -2.19. The highest BCUT2D eigenvalue weighted by Gasteiger charge is 2.13. The molecule has 0 saturated heterocycles. The Morgan fingerprint density at radius 2 is 2.35 bits per heavy atom. The smallest absolute Gasteiger partial charge is 0.0876 e. The van der Waals surface area contributed by atoms with E-state index in [9.17, 15) is 0 Å². The molecule has 0 fully saturated rings. The predicted molar refractivity (Wildman–Crippen MR) is 73.4 cm³/mol. The van der Waals surface area contributed by atoms with E-state index in [0.717, 1.165) is 35.1 Å². The minimum absolute atomic E-state index is 0.0688. The summed E-state index contributed by atoms with van der Waals surface area (Å²) in [4.78, 5) is 1.16. The van der Waals surface area contributed by atoms with Gasteiger partial charge in [-0.15, -0.1) is 11.8 Å². The van der Waals surface area contributed by atoms with Gasteiger partial charge in [0.2, 0.25) is 0 Å². The lowest BCUT2D eigenvalue weighted by Crippen LogP contribution is -2.27. The quantitative estimate of drug-likeness (QED) is 0.851. The van der Waals surface area contributed by atoms with Crippen LogP contribution in [0.25, 0.3) is 0 Å². The third-order valence-electron chi connectivity index (χ3n) is 2.66. The monoisotopic (exact) mass is 269 g/mol. The Balaban J connectivity index is 1.87. The molecule has 0 saturated carbocycles. The predicted octanol–water partition coefficient (Wildman–Crippen LogP) is 3.45. The van der Waals surface area contributed by atoms with Gasteiger partial charge in [0, 0.05) is 21.7 Å². The second-order valence-electron chi connectivity index (χ2n) is 4.04. The van der Waals surface area contributed by atoms with Crippen molar-refractivity contribution in [2.75, 3.05) is 12.4 Å². The van der Waals surface area contributed by atoms with Crippen LogP contribution < -0.4 is 5.73 Å². The first kappa shape index (κ1) is 12.8. The summed E-state index contributed by atoms with van der Waals surface area (Å²) in [5.74, 6) is 0.857. The summed E-state index contributed by atoms with van der Waals surface area (Å²) in [7, 11) is 0. The van der Waals surface area contributed by atoms with Gasteiger partial charge < -0.3 is 10.5 Å². The Labute approximate surface area is 111 Å². The highest BCUT2D eigenvalue weighted by molar-refractivity contribution is 7.99. The molecule has 17 heavy (non-hydrogen) atoms. The van der Waals surface area contributed by atoms with Crippen LogP contribution in [0, 0.1) is 0 Å². The van der Waals surface area contributed by atoms with Gasteiger partial charge in [0.15, 0.2) is 0 Å². The number of nitrogens with two attached hydrogens (primary N) is 1. The maximum atomic E-state index is 6.13. The lowest BCUT2D eigenvalue weighted by molar-refractivity contribution is 0.222. The van der Waals surface area contributed by atoms with Crippen molar-refractivity contribution in [3.05, 3.63) is 41.1 Å². The number of hydrogen-bond donors (Lipinski definition) is 1. The Morgan fingerprint density at radius 1 is 1.47 bits per heavy atom. The molecule has 0 radical (unpaired) electrons. The van der Waals surface area contributed by atoms with Crippen LogP contribution in [0.15, 0.2) is 41.0 Å². The van der Waals surface area contributed by atoms with Crippen LogP contribution in [0.1, 0.15) is 12.8 Å². The van der Waals surface area contributed by atoms with Crippen molar-refractivity contribution < 1.29 is 4.74 Å². The average molecular weight is 270 g/mol. The zero-order chi connectivity index (χ0) is 12.1. The van der Waals surface area contributed by atoms with E-state index < -0.39 is 0 Å². The van der Waals surface area contributed by atoms with E-state index in [1.165, 1.54) is 5.57 Å². The van der Waals surface area contributed by atoms with Crippen molar-refractivity contribution in [3.8, 4) is 0 Å². The molecule has 0 bridgehead atoms. The van der Waals surface area contributed by atoms with Crippen molar-refractivity contribution in [1.29, 1.82) is 0 Å². The van der Waals surface area contributed by atoms with Crippen molar-refractivity contribution in [1.82, 2.24) is 0 Å². The molecule has 1 aromatic carbocycles. The Hall–Kier alpha value is -0.640. The summed E-state index contributed by atoms with van der Waals surface area (Å²) in [6, 6.07) is 7.92. The minimum atomic E-state index is 0.0688. The fourth-order valence-corrected chi connectivity index (χ4v) is 2.93. The second-order valence-corrected chi connectivity index (χ2v) is 5.57. The molecule has 2 nitrogen and oxygen atoms in total. The van der Waals surface area contributed by atoms with Crippen LogP contribution in [0.3, 0.4) is 0 Å². The molecule has 0 amide bonds. The van der Waals surface area contributed by atoms with Crippen LogP contribution in [0.4, 0.5) is 0 Å². The molecule has 1 aromatic rings. The number of ether oxygens (including phenoxy) is 1. The lowest BCUT2D eigenvalue weighted by atomic mass is 10.0. The number of thioether (sulfide) groups is 1. The maximum absolute atomic E-state index is 6.13. The van der Waals surface area contributed by atoms with E-state index in [-0.39, 0.29) is 6.04 Å². The van der Waals surface area contributed by atoms with Gasteiger partial charge in [0.1, 0.15) is 0 Å². The molecule has 0 spiro atoms. The van der Waals surface area contributed by atoms with Gasteiger partial charge in [-0.1, -0.05) is 17.7 Å². The molecule has 92 valence electrons. The zero-order valence-corrected chi connectivity index (χ0v) is 11.1. The van der Waals surface area contributed by atoms with Crippen molar-refractivity contribution in [2.24, 2.45) is 5.73 Å². The van der Waals surface area contributed by atoms with Gasteiger partial charge >= 0.3 is 0 Å². The standard InChI is InChI=1S/C13H16ClNOS/c14-11-4-1-5-12(7-11)17-9-13(15)10-3-2-6-16-8-10/h1,4-5,7-8,13H,2-3,6,9,15H2. The van der Waals surface area contributed by atoms with E-state index >= 15 is 0 Å². The normalized spacial score (nSPS) is 17.2. The van der Waals surface area contributed by atoms with Crippen molar-refractivity contribution >= 4 is 23.4 Å². The fraction of sp³-hybridized carbons (Fsp3) is 0.385. The van der Waals surface area contributed by atoms with E-state index in [1.54, 1.807) is 11.8 Å². The third kappa shape index (κ3) is 3.95. The molecule has 1 aliphatic heterocycles. The first-order valence-corrected chi connectivity index (χ1v) is 7.06. The summed E-state index contributed by atoms with van der Waals surface area (Å²) in [6.45, 7) is 0.817. The maximum Gasteiger partial charge on any atom is 0.0876 e. The first-order chi connectivity index (χ1) is 8.25. The average Bonchev–Trinajstić information content (AvgIpc) is 2.37. The highest BCUT2D eigenvalue weighted by atomic mass is 35.5. The molecule has 2 N–H and O–H groups in total. The molecule has 4 heteroatoms. The van der Waals surface area contributed by atoms with E-state index in [2.05, 4.69) is 6.07 Å². The molecule has 1 atom stereocenters.